The topological polar surface area (TPSA) is 3.24 Å². The summed E-state index contributed by atoms with van der Waals surface area (Å²) in [5, 5.41) is 0. The van der Waals surface area contributed by atoms with Gasteiger partial charge in [0.05, 0.1) is 0 Å². The van der Waals surface area contributed by atoms with Gasteiger partial charge in [0.1, 0.15) is 0 Å². The van der Waals surface area contributed by atoms with Crippen molar-refractivity contribution >= 4 is 0 Å². The zero-order valence-electron chi connectivity index (χ0n) is 12.9. The molecule has 2 unspecified atom stereocenters. The van der Waals surface area contributed by atoms with E-state index in [1.807, 2.05) is 0 Å². The largest absolute Gasteiger partial charge is 0.299 e. The third-order valence-corrected chi connectivity index (χ3v) is 4.82. The van der Waals surface area contributed by atoms with Gasteiger partial charge in [0.25, 0.3) is 0 Å². The molecule has 3 rings (SSSR count). The van der Waals surface area contributed by atoms with E-state index in [1.165, 1.54) is 37.1 Å². The Morgan fingerprint density at radius 3 is 2.38 bits per heavy atom. The highest BCUT2D eigenvalue weighted by atomic mass is 15.1. The molecular formula is C20H25N. The summed E-state index contributed by atoms with van der Waals surface area (Å²) in [6.45, 7) is 5.96. The predicted octanol–water partition coefficient (Wildman–Crippen LogP) is 4.70. The van der Waals surface area contributed by atoms with E-state index in [0.29, 0.717) is 5.92 Å². The minimum atomic E-state index is 0.657. The third kappa shape index (κ3) is 3.74. The van der Waals surface area contributed by atoms with Crippen LogP contribution in [0, 0.1) is 5.92 Å². The number of hydrogen-bond donors (Lipinski definition) is 0. The summed E-state index contributed by atoms with van der Waals surface area (Å²) in [7, 11) is 0. The van der Waals surface area contributed by atoms with E-state index in [-0.39, 0.29) is 0 Å². The van der Waals surface area contributed by atoms with Crippen LogP contribution >= 0.6 is 0 Å². The van der Waals surface area contributed by atoms with Gasteiger partial charge in [-0.05, 0) is 42.3 Å². The summed E-state index contributed by atoms with van der Waals surface area (Å²) in [6, 6.07) is 21.9. The monoisotopic (exact) mass is 279 g/mol. The fourth-order valence-corrected chi connectivity index (χ4v) is 3.51. The molecule has 0 radical (unpaired) electrons. The van der Waals surface area contributed by atoms with Crippen molar-refractivity contribution < 1.29 is 0 Å². The molecular weight excluding hydrogens is 254 g/mol. The number of benzene rings is 2. The molecule has 1 saturated heterocycles. The average Bonchev–Trinajstić information content (AvgIpc) is 2.56. The molecule has 110 valence electrons. The van der Waals surface area contributed by atoms with Crippen LogP contribution in [0.25, 0.3) is 0 Å². The Labute approximate surface area is 128 Å². The molecule has 0 saturated carbocycles. The normalized spacial score (nSPS) is 21.1. The van der Waals surface area contributed by atoms with Crippen molar-refractivity contribution in [2.24, 2.45) is 5.92 Å². The first-order chi connectivity index (χ1) is 10.3. The van der Waals surface area contributed by atoms with Gasteiger partial charge in [-0.3, -0.25) is 4.90 Å². The molecule has 0 aliphatic carbocycles. The lowest BCUT2D eigenvalue weighted by molar-refractivity contribution is 0.153. The van der Waals surface area contributed by atoms with Crippen LogP contribution in [-0.4, -0.2) is 18.0 Å². The van der Waals surface area contributed by atoms with E-state index < -0.39 is 0 Å². The van der Waals surface area contributed by atoms with Crippen LogP contribution in [-0.2, 0) is 6.54 Å². The van der Waals surface area contributed by atoms with Crippen molar-refractivity contribution in [1.29, 1.82) is 0 Å². The van der Waals surface area contributed by atoms with E-state index in [4.69, 9.17) is 0 Å². The lowest BCUT2D eigenvalue weighted by Crippen LogP contribution is -2.36. The van der Waals surface area contributed by atoms with Crippen LogP contribution in [0.5, 0.6) is 0 Å². The SMILES string of the molecule is CC(c1ccccc1)C1CCCN(Cc2ccccc2)C1. The number of hydrogen-bond acceptors (Lipinski definition) is 1. The maximum Gasteiger partial charge on any atom is 0.0233 e. The standard InChI is InChI=1S/C20H25N/c1-17(19-11-6-3-7-12-19)20-13-8-14-21(16-20)15-18-9-4-2-5-10-18/h2-7,9-12,17,20H,8,13-16H2,1H3. The fraction of sp³-hybridized carbons (Fsp3) is 0.400. The molecule has 0 spiro atoms. The third-order valence-electron chi connectivity index (χ3n) is 4.82. The average molecular weight is 279 g/mol. The Hall–Kier alpha value is -1.60. The van der Waals surface area contributed by atoms with Crippen LogP contribution in [0.15, 0.2) is 60.7 Å². The zero-order chi connectivity index (χ0) is 14.5. The van der Waals surface area contributed by atoms with Crippen molar-refractivity contribution in [2.75, 3.05) is 13.1 Å². The molecule has 2 aromatic rings. The molecule has 0 N–H and O–H groups in total. The molecule has 21 heavy (non-hydrogen) atoms. The van der Waals surface area contributed by atoms with Gasteiger partial charge in [0.2, 0.25) is 0 Å². The number of nitrogens with zero attached hydrogens (tertiary/aromatic N) is 1. The van der Waals surface area contributed by atoms with Crippen molar-refractivity contribution in [2.45, 2.75) is 32.2 Å². The molecule has 1 heterocycles. The summed E-state index contributed by atoms with van der Waals surface area (Å²) >= 11 is 0. The van der Waals surface area contributed by atoms with Crippen molar-refractivity contribution in [3.63, 3.8) is 0 Å². The quantitative estimate of drug-likeness (QED) is 0.784. The Bertz CT molecular complexity index is 534. The molecule has 1 nitrogen and oxygen atoms in total. The van der Waals surface area contributed by atoms with Gasteiger partial charge >= 0.3 is 0 Å². The van der Waals surface area contributed by atoms with Crippen LogP contribution < -0.4 is 0 Å². The Kier molecular flexibility index (Phi) is 4.72. The second-order valence-corrected chi connectivity index (χ2v) is 6.32. The van der Waals surface area contributed by atoms with E-state index in [1.54, 1.807) is 0 Å². The van der Waals surface area contributed by atoms with E-state index in [0.717, 1.165) is 12.5 Å². The van der Waals surface area contributed by atoms with Gasteiger partial charge in [-0.1, -0.05) is 67.6 Å². The lowest BCUT2D eigenvalue weighted by Gasteiger charge is -2.36. The second-order valence-electron chi connectivity index (χ2n) is 6.32. The first kappa shape index (κ1) is 14.3. The van der Waals surface area contributed by atoms with Crippen molar-refractivity contribution in [1.82, 2.24) is 4.90 Å². The lowest BCUT2D eigenvalue weighted by atomic mass is 9.82. The first-order valence-electron chi connectivity index (χ1n) is 8.14. The number of likely N-dealkylation sites (tertiary alicyclic amines) is 1. The van der Waals surface area contributed by atoms with Gasteiger partial charge in [0.15, 0.2) is 0 Å². The molecule has 1 heteroatoms. The van der Waals surface area contributed by atoms with Crippen molar-refractivity contribution in [3.8, 4) is 0 Å². The highest BCUT2D eigenvalue weighted by molar-refractivity contribution is 5.20. The van der Waals surface area contributed by atoms with Gasteiger partial charge in [-0.15, -0.1) is 0 Å². The van der Waals surface area contributed by atoms with Crippen LogP contribution in [0.3, 0.4) is 0 Å². The molecule has 2 aromatic carbocycles. The maximum absolute atomic E-state index is 2.63. The fourth-order valence-electron chi connectivity index (χ4n) is 3.51. The molecule has 1 aliphatic heterocycles. The van der Waals surface area contributed by atoms with Crippen LogP contribution in [0.1, 0.15) is 36.8 Å². The molecule has 2 atom stereocenters. The minimum Gasteiger partial charge on any atom is -0.299 e. The van der Waals surface area contributed by atoms with Crippen LogP contribution in [0.2, 0.25) is 0 Å². The maximum atomic E-state index is 2.63. The summed E-state index contributed by atoms with van der Waals surface area (Å²) in [4.78, 5) is 2.63. The zero-order valence-corrected chi connectivity index (χ0v) is 12.9. The highest BCUT2D eigenvalue weighted by Gasteiger charge is 2.25. The van der Waals surface area contributed by atoms with Gasteiger partial charge < -0.3 is 0 Å². The van der Waals surface area contributed by atoms with Crippen molar-refractivity contribution in [3.05, 3.63) is 71.8 Å². The molecule has 1 aliphatic rings. The van der Waals surface area contributed by atoms with Gasteiger partial charge in [-0.25, -0.2) is 0 Å². The Morgan fingerprint density at radius 2 is 1.67 bits per heavy atom. The van der Waals surface area contributed by atoms with E-state index >= 15 is 0 Å². The predicted molar refractivity (Wildman–Crippen MR) is 89.3 cm³/mol. The van der Waals surface area contributed by atoms with Crippen LogP contribution in [0.4, 0.5) is 0 Å². The minimum absolute atomic E-state index is 0.657. The number of rotatable bonds is 4. The Morgan fingerprint density at radius 1 is 1.00 bits per heavy atom. The molecule has 1 fully saturated rings. The number of piperidine rings is 1. The summed E-state index contributed by atoms with van der Waals surface area (Å²) in [6.07, 6.45) is 2.69. The summed E-state index contributed by atoms with van der Waals surface area (Å²) in [5.74, 6) is 1.44. The molecule has 0 bridgehead atoms. The highest BCUT2D eigenvalue weighted by Crippen LogP contribution is 2.31. The summed E-state index contributed by atoms with van der Waals surface area (Å²) in [5.41, 5.74) is 2.93. The molecule has 0 amide bonds. The van der Waals surface area contributed by atoms with Gasteiger partial charge in [-0.2, -0.15) is 0 Å². The Balaban J connectivity index is 1.63. The first-order valence-corrected chi connectivity index (χ1v) is 8.14. The smallest absolute Gasteiger partial charge is 0.0233 e. The van der Waals surface area contributed by atoms with E-state index in [2.05, 4.69) is 72.5 Å². The summed E-state index contributed by atoms with van der Waals surface area (Å²) < 4.78 is 0. The molecule has 0 aromatic heterocycles. The second kappa shape index (κ2) is 6.91. The van der Waals surface area contributed by atoms with E-state index in [9.17, 15) is 0 Å². The van der Waals surface area contributed by atoms with Gasteiger partial charge in [0, 0.05) is 13.1 Å².